The molecule has 0 heterocycles. The van der Waals surface area contributed by atoms with Crippen LogP contribution in [0.3, 0.4) is 0 Å². The highest BCUT2D eigenvalue weighted by Gasteiger charge is 2.52. The summed E-state index contributed by atoms with van der Waals surface area (Å²) in [6.07, 6.45) is 6.30. The van der Waals surface area contributed by atoms with Gasteiger partial charge in [0.15, 0.2) is 0 Å². The Morgan fingerprint density at radius 3 is 2.36 bits per heavy atom. The third-order valence-electron chi connectivity index (χ3n) is 7.62. The van der Waals surface area contributed by atoms with E-state index in [2.05, 4.69) is 17.4 Å². The normalized spacial score (nSPS) is 24.4. The molecule has 176 valence electrons. The summed E-state index contributed by atoms with van der Waals surface area (Å²) in [5, 5.41) is 3.18. The first kappa shape index (κ1) is 23.3. The van der Waals surface area contributed by atoms with Gasteiger partial charge >= 0.3 is 0 Å². The predicted octanol–water partition coefficient (Wildman–Crippen LogP) is 4.79. The zero-order chi connectivity index (χ0) is 23.3. The Morgan fingerprint density at radius 1 is 1.06 bits per heavy atom. The number of rotatable bonds is 9. The molecule has 0 unspecified atom stereocenters. The number of amides is 1. The lowest BCUT2D eigenvalue weighted by Gasteiger charge is -2.52. The molecule has 3 aliphatic carbocycles. The van der Waals surface area contributed by atoms with Crippen LogP contribution in [0.1, 0.15) is 49.7 Å². The molecule has 0 aromatic heterocycles. The Labute approximate surface area is 195 Å². The van der Waals surface area contributed by atoms with E-state index in [-0.39, 0.29) is 29.9 Å². The molecule has 3 aliphatic rings. The van der Waals surface area contributed by atoms with Crippen LogP contribution in [-0.4, -0.2) is 26.2 Å². The monoisotopic (exact) mass is 452 g/mol. The highest BCUT2D eigenvalue weighted by atomic mass is 19.1. The van der Waals surface area contributed by atoms with Gasteiger partial charge in [-0.2, -0.15) is 0 Å². The number of fused-ring (bicyclic) bond motifs is 3. The minimum absolute atomic E-state index is 0.134. The summed E-state index contributed by atoms with van der Waals surface area (Å²) in [6, 6.07) is 16.0. The van der Waals surface area contributed by atoms with Crippen LogP contribution >= 0.6 is 0 Å². The largest absolute Gasteiger partial charge is 0.497 e. The van der Waals surface area contributed by atoms with Gasteiger partial charge in [0.05, 0.1) is 13.4 Å². The van der Waals surface area contributed by atoms with Crippen LogP contribution in [0.2, 0.25) is 0 Å². The molecule has 2 bridgehead atoms. The fourth-order valence-electron chi connectivity index (χ4n) is 5.33. The van der Waals surface area contributed by atoms with Crippen molar-refractivity contribution in [2.45, 2.75) is 50.5 Å². The van der Waals surface area contributed by atoms with Crippen LogP contribution in [0.25, 0.3) is 0 Å². The average Bonchev–Trinajstić information content (AvgIpc) is 2.89. The highest BCUT2D eigenvalue weighted by molar-refractivity contribution is 5.83. The van der Waals surface area contributed by atoms with Crippen molar-refractivity contribution in [2.75, 3.05) is 20.3 Å². The summed E-state index contributed by atoms with van der Waals surface area (Å²) < 4.78 is 23.6. The summed E-state index contributed by atoms with van der Waals surface area (Å²) in [4.78, 5) is 13.2. The zero-order valence-electron chi connectivity index (χ0n) is 19.2. The third-order valence-corrected chi connectivity index (χ3v) is 7.62. The lowest BCUT2D eigenvalue weighted by atomic mass is 9.51. The van der Waals surface area contributed by atoms with E-state index in [4.69, 9.17) is 15.2 Å². The fourth-order valence-corrected chi connectivity index (χ4v) is 5.33. The van der Waals surface area contributed by atoms with E-state index < -0.39 is 0 Å². The van der Waals surface area contributed by atoms with E-state index in [0.717, 1.165) is 49.8 Å². The maximum atomic E-state index is 13.2. The Morgan fingerprint density at radius 2 is 1.76 bits per heavy atom. The number of carbonyl (C=O) groups is 1. The van der Waals surface area contributed by atoms with Gasteiger partial charge in [0.1, 0.15) is 18.1 Å². The van der Waals surface area contributed by atoms with Crippen molar-refractivity contribution in [3.05, 3.63) is 71.6 Å². The van der Waals surface area contributed by atoms with Gasteiger partial charge in [-0.3, -0.25) is 4.79 Å². The van der Waals surface area contributed by atoms with Gasteiger partial charge in [-0.25, -0.2) is 4.39 Å². The Balaban J connectivity index is 1.34. The van der Waals surface area contributed by atoms with E-state index >= 15 is 0 Å². The van der Waals surface area contributed by atoms with Crippen molar-refractivity contribution < 1.29 is 18.7 Å². The summed E-state index contributed by atoms with van der Waals surface area (Å²) in [6.45, 7) is 0.825. The van der Waals surface area contributed by atoms with Gasteiger partial charge in [0.2, 0.25) is 5.91 Å². The summed E-state index contributed by atoms with van der Waals surface area (Å²) >= 11 is 0. The molecule has 0 atom stereocenters. The Hall–Kier alpha value is -2.86. The molecule has 0 spiro atoms. The first-order chi connectivity index (χ1) is 16.0. The van der Waals surface area contributed by atoms with E-state index in [1.807, 2.05) is 36.4 Å². The van der Waals surface area contributed by atoms with Gasteiger partial charge in [-0.05, 0) is 79.3 Å². The van der Waals surface area contributed by atoms with Gasteiger partial charge in [0, 0.05) is 24.1 Å². The summed E-state index contributed by atoms with van der Waals surface area (Å²) in [5.74, 6) is 1.69. The molecule has 3 N–H and O–H groups in total. The Bertz CT molecular complexity index is 978. The molecule has 33 heavy (non-hydrogen) atoms. The van der Waals surface area contributed by atoms with Crippen molar-refractivity contribution in [2.24, 2.45) is 11.1 Å². The van der Waals surface area contributed by atoms with E-state index in [1.54, 1.807) is 7.11 Å². The lowest BCUT2D eigenvalue weighted by Crippen LogP contribution is -2.51. The summed E-state index contributed by atoms with van der Waals surface area (Å²) in [7, 11) is 1.65. The van der Waals surface area contributed by atoms with Crippen LogP contribution in [-0.2, 0) is 16.8 Å². The maximum Gasteiger partial charge on any atom is 0.226 e. The number of hydrogen-bond donors (Lipinski definition) is 2. The second-order valence-electron chi connectivity index (χ2n) is 9.38. The number of nitrogens with one attached hydrogen (secondary N) is 1. The smallest absolute Gasteiger partial charge is 0.226 e. The van der Waals surface area contributed by atoms with Gasteiger partial charge in [-0.15, -0.1) is 0 Å². The van der Waals surface area contributed by atoms with Crippen LogP contribution in [0.4, 0.5) is 4.39 Å². The molecule has 0 aliphatic heterocycles. The van der Waals surface area contributed by atoms with Crippen molar-refractivity contribution in [1.29, 1.82) is 0 Å². The topological polar surface area (TPSA) is 73.6 Å². The molecule has 5 rings (SSSR count). The fraction of sp³-hybridized carbons (Fsp3) is 0.444. The molecule has 2 aromatic rings. The Kier molecular flexibility index (Phi) is 7.03. The second kappa shape index (κ2) is 9.96. The standard InChI is InChI=1S/C27H33FN2O3/c1-32-24-4-2-3-20(15-24)18-30-25(31)27-12-9-26(10-13-27,11-14-27)22-5-7-23(8-6-22)33-19-21(16-28)17-29/h2-8,15-16H,9-14,17-19,29H2,1H3,(H,30,31)/b21-16+. The molecule has 5 nitrogen and oxygen atoms in total. The molecule has 3 saturated carbocycles. The van der Waals surface area contributed by atoms with Crippen LogP contribution in [0.5, 0.6) is 11.5 Å². The van der Waals surface area contributed by atoms with Gasteiger partial charge in [0.25, 0.3) is 0 Å². The minimum atomic E-state index is -0.249. The number of benzene rings is 2. The van der Waals surface area contributed by atoms with E-state index in [0.29, 0.717) is 24.2 Å². The number of halogens is 1. The number of carbonyl (C=O) groups excluding carboxylic acids is 1. The minimum Gasteiger partial charge on any atom is -0.497 e. The molecule has 6 heteroatoms. The van der Waals surface area contributed by atoms with Crippen LogP contribution in [0.15, 0.2) is 60.4 Å². The van der Waals surface area contributed by atoms with Gasteiger partial charge in [-0.1, -0.05) is 24.3 Å². The molecule has 0 saturated heterocycles. The molecular weight excluding hydrogens is 419 g/mol. The molecule has 3 fully saturated rings. The first-order valence-electron chi connectivity index (χ1n) is 11.7. The molecule has 1 amide bonds. The molecular formula is C27H33FN2O3. The molecule has 0 radical (unpaired) electrons. The highest BCUT2D eigenvalue weighted by Crippen LogP contribution is 2.57. The number of methoxy groups -OCH3 is 1. The van der Waals surface area contributed by atoms with Crippen molar-refractivity contribution >= 4 is 5.91 Å². The lowest BCUT2D eigenvalue weighted by molar-refractivity contribution is -0.138. The maximum absolute atomic E-state index is 13.2. The first-order valence-corrected chi connectivity index (χ1v) is 11.7. The average molecular weight is 453 g/mol. The SMILES string of the molecule is COc1cccc(CNC(=O)C23CCC(c4ccc(OC/C(=C/F)CN)cc4)(CC2)CC3)c1. The number of ether oxygens (including phenoxy) is 2. The van der Waals surface area contributed by atoms with E-state index in [9.17, 15) is 9.18 Å². The van der Waals surface area contributed by atoms with Gasteiger partial charge < -0.3 is 20.5 Å². The van der Waals surface area contributed by atoms with Crippen LogP contribution in [0, 0.1) is 5.41 Å². The second-order valence-corrected chi connectivity index (χ2v) is 9.38. The van der Waals surface area contributed by atoms with E-state index in [1.165, 1.54) is 5.56 Å². The summed E-state index contributed by atoms with van der Waals surface area (Å²) in [5.41, 5.74) is 8.14. The third kappa shape index (κ3) is 4.91. The predicted molar refractivity (Wildman–Crippen MR) is 127 cm³/mol. The quantitative estimate of drug-likeness (QED) is 0.574. The zero-order valence-corrected chi connectivity index (χ0v) is 19.2. The van der Waals surface area contributed by atoms with Crippen molar-refractivity contribution in [3.8, 4) is 11.5 Å². The number of hydrogen-bond acceptors (Lipinski definition) is 4. The van der Waals surface area contributed by atoms with Crippen molar-refractivity contribution in [3.63, 3.8) is 0 Å². The number of nitrogens with two attached hydrogens (primary N) is 1. The van der Waals surface area contributed by atoms with Crippen molar-refractivity contribution in [1.82, 2.24) is 5.32 Å². The van der Waals surface area contributed by atoms with Crippen LogP contribution < -0.4 is 20.5 Å². The molecule has 2 aromatic carbocycles.